The first kappa shape index (κ1) is 16.2. The van der Waals surface area contributed by atoms with Crippen molar-refractivity contribution in [2.45, 2.75) is 45.7 Å². The summed E-state index contributed by atoms with van der Waals surface area (Å²) in [6.45, 7) is 3.28. The highest BCUT2D eigenvalue weighted by Gasteiger charge is 2.28. The van der Waals surface area contributed by atoms with Crippen LogP contribution in [0.5, 0.6) is 0 Å². The van der Waals surface area contributed by atoms with Gasteiger partial charge in [0.25, 0.3) is 0 Å². The van der Waals surface area contributed by atoms with Crippen molar-refractivity contribution in [1.82, 2.24) is 0 Å². The van der Waals surface area contributed by atoms with Crippen LogP contribution in [0.4, 0.5) is 13.2 Å². The van der Waals surface area contributed by atoms with Crippen molar-refractivity contribution in [3.8, 4) is 0 Å². The van der Waals surface area contributed by atoms with Gasteiger partial charge >= 0.3 is 6.18 Å². The van der Waals surface area contributed by atoms with E-state index in [0.29, 0.717) is 6.42 Å². The van der Waals surface area contributed by atoms with Gasteiger partial charge in [-0.3, -0.25) is 0 Å². The summed E-state index contributed by atoms with van der Waals surface area (Å²) in [6, 6.07) is 0. The molecule has 0 unspecified atom stereocenters. The molecule has 0 bridgehead atoms. The molecule has 0 saturated carbocycles. The van der Waals surface area contributed by atoms with Crippen molar-refractivity contribution in [3.05, 3.63) is 0 Å². The van der Waals surface area contributed by atoms with Gasteiger partial charge in [0.15, 0.2) is 0 Å². The van der Waals surface area contributed by atoms with Crippen LogP contribution in [0.2, 0.25) is 0 Å². The maximum Gasteiger partial charge on any atom is 0.411 e. The number of rotatable bonds is 8. The second-order valence-corrected chi connectivity index (χ2v) is 4.67. The fourth-order valence-electron chi connectivity index (χ4n) is 1.60. The molecule has 0 N–H and O–H groups in total. The van der Waals surface area contributed by atoms with Crippen LogP contribution in [-0.2, 0) is 4.74 Å². The Labute approximate surface area is 104 Å². The Morgan fingerprint density at radius 3 is 2.06 bits per heavy atom. The van der Waals surface area contributed by atoms with Gasteiger partial charge in [-0.05, 0) is 31.1 Å². The lowest BCUT2D eigenvalue weighted by Crippen LogP contribution is -2.22. The van der Waals surface area contributed by atoms with Crippen LogP contribution < -0.4 is 0 Å². The Morgan fingerprint density at radius 2 is 1.69 bits per heavy atom. The number of ether oxygens (including phenoxy) is 1. The van der Waals surface area contributed by atoms with Gasteiger partial charge in [-0.15, -0.1) is 0 Å². The van der Waals surface area contributed by atoms with Gasteiger partial charge in [-0.25, -0.2) is 0 Å². The molecule has 0 aliphatic heterocycles. The van der Waals surface area contributed by atoms with Gasteiger partial charge in [0, 0.05) is 11.9 Å². The van der Waals surface area contributed by atoms with E-state index in [9.17, 15) is 13.2 Å². The molecule has 0 radical (unpaired) electrons. The van der Waals surface area contributed by atoms with Crippen molar-refractivity contribution in [1.29, 1.82) is 0 Å². The predicted octanol–water partition coefficient (Wildman–Crippen LogP) is 4.55. The second-order valence-electron chi connectivity index (χ2n) is 4.11. The molecule has 16 heavy (non-hydrogen) atoms. The molecule has 0 saturated heterocycles. The second kappa shape index (κ2) is 7.54. The molecule has 0 aliphatic carbocycles. The van der Waals surface area contributed by atoms with Crippen molar-refractivity contribution >= 4 is 15.9 Å². The van der Waals surface area contributed by atoms with E-state index in [2.05, 4.69) is 34.5 Å². The van der Waals surface area contributed by atoms with Crippen molar-refractivity contribution in [2.24, 2.45) is 5.41 Å². The zero-order chi connectivity index (χ0) is 12.7. The first-order valence-corrected chi connectivity index (χ1v) is 6.72. The smallest absolute Gasteiger partial charge is 0.372 e. The molecule has 5 heteroatoms. The number of halogens is 4. The van der Waals surface area contributed by atoms with Crippen molar-refractivity contribution < 1.29 is 17.9 Å². The third-order valence-electron chi connectivity index (χ3n) is 3.04. The van der Waals surface area contributed by atoms with Gasteiger partial charge in [-0.1, -0.05) is 29.8 Å². The first-order chi connectivity index (χ1) is 7.39. The molecule has 98 valence electrons. The van der Waals surface area contributed by atoms with E-state index in [1.54, 1.807) is 0 Å². The van der Waals surface area contributed by atoms with Crippen LogP contribution in [0.15, 0.2) is 0 Å². The number of alkyl halides is 4. The number of hydrogen-bond donors (Lipinski definition) is 0. The maximum atomic E-state index is 11.8. The molecule has 0 aliphatic rings. The predicted molar refractivity (Wildman–Crippen MR) is 62.9 cm³/mol. The summed E-state index contributed by atoms with van der Waals surface area (Å²) in [6.07, 6.45) is -0.545. The summed E-state index contributed by atoms with van der Waals surface area (Å²) in [5, 5.41) is 0.895. The Hall–Kier alpha value is 0.230. The third-order valence-corrected chi connectivity index (χ3v) is 4.23. The summed E-state index contributed by atoms with van der Waals surface area (Å²) < 4.78 is 39.9. The van der Waals surface area contributed by atoms with E-state index in [0.717, 1.165) is 24.6 Å². The highest BCUT2D eigenvalue weighted by molar-refractivity contribution is 9.09. The largest absolute Gasteiger partial charge is 0.411 e. The monoisotopic (exact) mass is 304 g/mol. The molecule has 1 nitrogen and oxygen atoms in total. The molecular formula is C11H20BrF3O. The van der Waals surface area contributed by atoms with E-state index >= 15 is 0 Å². The lowest BCUT2D eigenvalue weighted by molar-refractivity contribution is -0.174. The van der Waals surface area contributed by atoms with Crippen LogP contribution >= 0.6 is 15.9 Å². The van der Waals surface area contributed by atoms with E-state index in [1.165, 1.54) is 0 Å². The van der Waals surface area contributed by atoms with E-state index in [1.807, 2.05) is 0 Å². The first-order valence-electron chi connectivity index (χ1n) is 5.59. The molecule has 0 heterocycles. The SMILES string of the molecule is CCC(CC)(CBr)CCCOCC(F)(F)F. The topological polar surface area (TPSA) is 9.23 Å². The molecule has 0 aromatic carbocycles. The van der Waals surface area contributed by atoms with E-state index < -0.39 is 12.8 Å². The van der Waals surface area contributed by atoms with Crippen LogP contribution in [0.25, 0.3) is 0 Å². The van der Waals surface area contributed by atoms with Gasteiger partial charge in [-0.2, -0.15) is 13.2 Å². The average molecular weight is 305 g/mol. The quantitative estimate of drug-likeness (QED) is 0.472. The zero-order valence-electron chi connectivity index (χ0n) is 9.87. The minimum atomic E-state index is -4.21. The van der Waals surface area contributed by atoms with Crippen molar-refractivity contribution in [3.63, 3.8) is 0 Å². The Morgan fingerprint density at radius 1 is 1.12 bits per heavy atom. The van der Waals surface area contributed by atoms with Crippen LogP contribution in [0.3, 0.4) is 0 Å². The van der Waals surface area contributed by atoms with E-state index in [4.69, 9.17) is 0 Å². The maximum absolute atomic E-state index is 11.8. The lowest BCUT2D eigenvalue weighted by atomic mass is 9.80. The van der Waals surface area contributed by atoms with E-state index in [-0.39, 0.29) is 12.0 Å². The minimum absolute atomic E-state index is 0.189. The molecule has 0 atom stereocenters. The lowest BCUT2D eigenvalue weighted by Gasteiger charge is -2.29. The molecule has 0 spiro atoms. The zero-order valence-corrected chi connectivity index (χ0v) is 11.5. The summed E-state index contributed by atoms with van der Waals surface area (Å²) >= 11 is 3.47. The van der Waals surface area contributed by atoms with Gasteiger partial charge in [0.2, 0.25) is 0 Å². The number of hydrogen-bond acceptors (Lipinski definition) is 1. The summed E-state index contributed by atoms with van der Waals surface area (Å²) in [4.78, 5) is 0. The van der Waals surface area contributed by atoms with Gasteiger partial charge in [0.05, 0.1) is 0 Å². The summed E-state index contributed by atoms with van der Waals surface area (Å²) in [5.74, 6) is 0. The fourth-order valence-corrected chi connectivity index (χ4v) is 2.67. The minimum Gasteiger partial charge on any atom is -0.372 e. The summed E-state index contributed by atoms with van der Waals surface area (Å²) in [7, 11) is 0. The van der Waals surface area contributed by atoms with Crippen LogP contribution in [-0.4, -0.2) is 24.7 Å². The standard InChI is InChI=1S/C11H20BrF3O/c1-3-10(4-2,8-12)6-5-7-16-9-11(13,14)15/h3-9H2,1-2H3. The Kier molecular flexibility index (Phi) is 7.64. The molecular weight excluding hydrogens is 285 g/mol. The molecule has 0 aromatic rings. The highest BCUT2D eigenvalue weighted by atomic mass is 79.9. The average Bonchev–Trinajstić information content (AvgIpc) is 2.23. The summed E-state index contributed by atoms with van der Waals surface area (Å²) in [5.41, 5.74) is 0.210. The molecule has 0 rings (SSSR count). The highest BCUT2D eigenvalue weighted by Crippen LogP contribution is 2.33. The van der Waals surface area contributed by atoms with Gasteiger partial charge < -0.3 is 4.74 Å². The Bertz CT molecular complexity index is 170. The normalized spacial score (nSPS) is 13.1. The molecule has 0 fully saturated rings. The van der Waals surface area contributed by atoms with Crippen LogP contribution in [0, 0.1) is 5.41 Å². The van der Waals surface area contributed by atoms with Crippen LogP contribution in [0.1, 0.15) is 39.5 Å². The third kappa shape index (κ3) is 6.74. The molecule has 0 aromatic heterocycles. The van der Waals surface area contributed by atoms with Gasteiger partial charge in [0.1, 0.15) is 6.61 Å². The molecule has 0 amide bonds. The fraction of sp³-hybridized carbons (Fsp3) is 1.00. The van der Waals surface area contributed by atoms with Crippen molar-refractivity contribution in [2.75, 3.05) is 18.5 Å². The Balaban J connectivity index is 3.71.